The van der Waals surface area contributed by atoms with Gasteiger partial charge in [0.25, 0.3) is 0 Å². The number of unbranched alkanes of at least 4 members (excludes halogenated alkanes) is 1. The number of carbonyl (C=O) groups excluding carboxylic acids is 3. The smallest absolute Gasteiger partial charge is 0.238 e. The number of nitrogens with zero attached hydrogens (tertiary/aromatic N) is 2. The molecule has 0 atom stereocenters. The normalized spacial score (nSPS) is 13.7. The van der Waals surface area contributed by atoms with E-state index in [0.717, 1.165) is 51.1 Å². The van der Waals surface area contributed by atoms with Crippen LogP contribution in [0, 0.1) is 5.82 Å². The Kier molecular flexibility index (Phi) is 13.2. The highest BCUT2D eigenvalue weighted by Crippen LogP contribution is 2.29. The highest BCUT2D eigenvalue weighted by Gasteiger charge is 2.21. The Bertz CT molecular complexity index is 1840. The first kappa shape index (κ1) is 36.7. The van der Waals surface area contributed by atoms with Gasteiger partial charge in [-0.05, 0) is 97.8 Å². The van der Waals surface area contributed by atoms with Crippen LogP contribution in [0.5, 0.6) is 11.5 Å². The number of amides is 1. The van der Waals surface area contributed by atoms with Gasteiger partial charge >= 0.3 is 0 Å². The maximum Gasteiger partial charge on any atom is 0.238 e. The zero-order valence-corrected chi connectivity index (χ0v) is 29.2. The molecule has 0 unspecified atom stereocenters. The van der Waals surface area contributed by atoms with Crippen molar-refractivity contribution in [3.63, 3.8) is 0 Å². The Labute approximate surface area is 301 Å². The third-order valence-electron chi connectivity index (χ3n) is 8.32. The lowest BCUT2D eigenvalue weighted by molar-refractivity contribution is -0.117. The third kappa shape index (κ3) is 10.2. The number of nitrogens with one attached hydrogen (secondary N) is 1. The summed E-state index contributed by atoms with van der Waals surface area (Å²) in [6.07, 6.45) is 4.94. The molecular formula is C39H38Cl2FN3O5. The fourth-order valence-electron chi connectivity index (χ4n) is 5.58. The zero-order valence-electron chi connectivity index (χ0n) is 27.7. The van der Waals surface area contributed by atoms with Crippen molar-refractivity contribution in [2.45, 2.75) is 12.8 Å². The number of methoxy groups -OCH3 is 1. The van der Waals surface area contributed by atoms with Crippen molar-refractivity contribution in [2.75, 3.05) is 58.3 Å². The maximum atomic E-state index is 13.2. The molecule has 1 heterocycles. The summed E-state index contributed by atoms with van der Waals surface area (Å²) in [5, 5.41) is 3.61. The number of ketones is 2. The first-order valence-electron chi connectivity index (χ1n) is 16.3. The summed E-state index contributed by atoms with van der Waals surface area (Å²) in [6, 6.07) is 22.5. The van der Waals surface area contributed by atoms with Crippen LogP contribution in [0.2, 0.25) is 10.0 Å². The van der Waals surface area contributed by atoms with Gasteiger partial charge in [-0.25, -0.2) is 4.39 Å². The highest BCUT2D eigenvalue weighted by atomic mass is 35.5. The van der Waals surface area contributed by atoms with Crippen molar-refractivity contribution in [3.8, 4) is 11.5 Å². The first-order chi connectivity index (χ1) is 24.2. The molecule has 1 aliphatic rings. The lowest BCUT2D eigenvalue weighted by atomic mass is 10.0. The Morgan fingerprint density at radius 1 is 0.840 bits per heavy atom. The molecule has 260 valence electrons. The van der Waals surface area contributed by atoms with E-state index in [1.54, 1.807) is 61.7 Å². The average Bonchev–Trinajstić information content (AvgIpc) is 3.12. The van der Waals surface area contributed by atoms with Gasteiger partial charge in [-0.2, -0.15) is 0 Å². The molecule has 5 rings (SSSR count). The second-order valence-corrected chi connectivity index (χ2v) is 12.7. The fourth-order valence-corrected chi connectivity index (χ4v) is 5.97. The summed E-state index contributed by atoms with van der Waals surface area (Å²) in [4.78, 5) is 43.1. The van der Waals surface area contributed by atoms with Crippen LogP contribution in [-0.4, -0.2) is 80.3 Å². The van der Waals surface area contributed by atoms with E-state index in [-0.39, 0.29) is 35.4 Å². The topological polar surface area (TPSA) is 88.2 Å². The van der Waals surface area contributed by atoms with Crippen LogP contribution in [-0.2, 0) is 4.79 Å². The monoisotopic (exact) mass is 717 g/mol. The lowest BCUT2D eigenvalue weighted by Gasteiger charge is -2.34. The lowest BCUT2D eigenvalue weighted by Crippen LogP contribution is -2.48. The summed E-state index contributed by atoms with van der Waals surface area (Å²) >= 11 is 12.4. The number of hydrogen-bond donors (Lipinski definition) is 1. The van der Waals surface area contributed by atoms with E-state index >= 15 is 0 Å². The van der Waals surface area contributed by atoms with Gasteiger partial charge in [-0.1, -0.05) is 47.5 Å². The van der Waals surface area contributed by atoms with E-state index in [0.29, 0.717) is 45.0 Å². The van der Waals surface area contributed by atoms with E-state index in [1.165, 1.54) is 30.3 Å². The number of benzene rings is 4. The van der Waals surface area contributed by atoms with Gasteiger partial charge in [0, 0.05) is 47.9 Å². The number of ether oxygens (including phenoxy) is 2. The van der Waals surface area contributed by atoms with Crippen molar-refractivity contribution >= 4 is 52.4 Å². The van der Waals surface area contributed by atoms with Gasteiger partial charge < -0.3 is 19.7 Å². The number of anilines is 1. The molecule has 50 heavy (non-hydrogen) atoms. The molecule has 0 spiro atoms. The van der Waals surface area contributed by atoms with Crippen molar-refractivity contribution in [2.24, 2.45) is 0 Å². The average molecular weight is 719 g/mol. The van der Waals surface area contributed by atoms with E-state index in [9.17, 15) is 18.8 Å². The van der Waals surface area contributed by atoms with Gasteiger partial charge in [0.15, 0.2) is 23.1 Å². The number of hydrogen-bond acceptors (Lipinski definition) is 7. The minimum atomic E-state index is -0.388. The summed E-state index contributed by atoms with van der Waals surface area (Å²) in [7, 11) is 1.57. The van der Waals surface area contributed by atoms with Crippen LogP contribution in [0.15, 0.2) is 91.0 Å². The van der Waals surface area contributed by atoms with Gasteiger partial charge in [-0.3, -0.25) is 19.3 Å². The summed E-state index contributed by atoms with van der Waals surface area (Å²) in [5.41, 5.74) is 2.21. The predicted molar refractivity (Wildman–Crippen MR) is 195 cm³/mol. The van der Waals surface area contributed by atoms with Gasteiger partial charge in [0.2, 0.25) is 5.91 Å². The van der Waals surface area contributed by atoms with Crippen LogP contribution >= 0.6 is 23.2 Å². The van der Waals surface area contributed by atoms with Crippen LogP contribution in [0.4, 0.5) is 10.1 Å². The molecule has 1 amide bonds. The minimum absolute atomic E-state index is 0.205. The second kappa shape index (κ2) is 17.9. The zero-order chi connectivity index (χ0) is 35.5. The molecule has 0 aliphatic carbocycles. The molecule has 1 aliphatic heterocycles. The summed E-state index contributed by atoms with van der Waals surface area (Å²) in [6.45, 7) is 4.86. The molecule has 1 N–H and O–H groups in total. The van der Waals surface area contributed by atoms with Crippen molar-refractivity contribution in [1.29, 1.82) is 0 Å². The molecule has 0 radical (unpaired) electrons. The van der Waals surface area contributed by atoms with E-state index < -0.39 is 0 Å². The number of piperazine rings is 1. The number of allylic oxidation sites excluding steroid dienone is 1. The Morgan fingerprint density at radius 3 is 2.32 bits per heavy atom. The second-order valence-electron chi connectivity index (χ2n) is 11.8. The summed E-state index contributed by atoms with van der Waals surface area (Å²) in [5.74, 6) is 0.0715. The number of carbonyl (C=O) groups is 3. The summed E-state index contributed by atoms with van der Waals surface area (Å²) < 4.78 is 24.6. The molecule has 8 nitrogen and oxygen atoms in total. The molecule has 1 fully saturated rings. The molecule has 4 aromatic rings. The molecular weight excluding hydrogens is 680 g/mol. The minimum Gasteiger partial charge on any atom is -0.493 e. The molecule has 4 aromatic carbocycles. The van der Waals surface area contributed by atoms with Crippen LogP contribution in [0.25, 0.3) is 6.08 Å². The van der Waals surface area contributed by atoms with Crippen molar-refractivity contribution < 1.29 is 28.2 Å². The van der Waals surface area contributed by atoms with Crippen LogP contribution in [0.3, 0.4) is 0 Å². The molecule has 0 aromatic heterocycles. The standard InChI is InChI=1S/C39H38Cl2FN3O5/c1-49-37-24-27(8-16-35(46)28-10-13-30(42)14-11-28)9-17-36(37)50-23-5-4-18-44-19-21-45(22-20-44)26-38(47)43-34-15-12-29(40)25-32(34)39(48)31-6-2-3-7-33(31)41/h2-3,6-17,24-25H,4-5,18-23,26H2,1H3,(H,43,47)/b16-8+. The Morgan fingerprint density at radius 2 is 1.58 bits per heavy atom. The Hall–Kier alpha value is -4.54. The molecule has 0 saturated carbocycles. The van der Waals surface area contributed by atoms with Crippen molar-refractivity contribution in [1.82, 2.24) is 9.80 Å². The highest BCUT2D eigenvalue weighted by molar-refractivity contribution is 6.36. The third-order valence-corrected chi connectivity index (χ3v) is 8.89. The Balaban J connectivity index is 1.02. The van der Waals surface area contributed by atoms with Crippen LogP contribution < -0.4 is 14.8 Å². The largest absolute Gasteiger partial charge is 0.493 e. The molecule has 0 bridgehead atoms. The quantitative estimate of drug-likeness (QED) is 0.0767. The number of rotatable bonds is 15. The van der Waals surface area contributed by atoms with Crippen molar-refractivity contribution in [3.05, 3.63) is 129 Å². The predicted octanol–water partition coefficient (Wildman–Crippen LogP) is 7.68. The fraction of sp³-hybridized carbons (Fsp3) is 0.256. The molecule has 11 heteroatoms. The first-order valence-corrected chi connectivity index (χ1v) is 17.1. The number of halogens is 3. The van der Waals surface area contributed by atoms with Gasteiger partial charge in [0.1, 0.15) is 5.82 Å². The molecule has 1 saturated heterocycles. The van der Waals surface area contributed by atoms with E-state index in [1.807, 2.05) is 12.1 Å². The van der Waals surface area contributed by atoms with Crippen LogP contribution in [0.1, 0.15) is 44.7 Å². The van der Waals surface area contributed by atoms with Gasteiger partial charge in [-0.15, -0.1) is 0 Å². The van der Waals surface area contributed by atoms with E-state index in [4.69, 9.17) is 32.7 Å². The van der Waals surface area contributed by atoms with E-state index in [2.05, 4.69) is 15.1 Å². The maximum absolute atomic E-state index is 13.2. The SMILES string of the molecule is COc1cc(/C=C/C(=O)c2ccc(F)cc2)ccc1OCCCCN1CCN(CC(=O)Nc2ccc(Cl)cc2C(=O)c2ccccc2Cl)CC1. The van der Waals surface area contributed by atoms with Gasteiger partial charge in [0.05, 0.1) is 31.0 Å².